The smallest absolute Gasteiger partial charge is 0.0547 e. The lowest BCUT2D eigenvalue weighted by molar-refractivity contribution is 1.12. The molecule has 0 bridgehead atoms. The van der Waals surface area contributed by atoms with Crippen LogP contribution in [0.2, 0.25) is 0 Å². The predicted molar refractivity (Wildman–Crippen MR) is 617 cm³/mol. The van der Waals surface area contributed by atoms with Crippen LogP contribution in [0.1, 0.15) is 33.4 Å². The third kappa shape index (κ3) is 13.5. The van der Waals surface area contributed by atoms with E-state index in [0.717, 1.165) is 24.9 Å². The number of rotatable bonds is 11. The van der Waals surface area contributed by atoms with Gasteiger partial charge in [-0.25, -0.2) is 0 Å². The molecule has 686 valence electrons. The standard InChI is InChI=1S/2C49H32N2.C43H28N2/c1-2-11-32(12-3-1)33-21-25-37(26-22-33)50-45-18-8-6-15-40(45)43-29-34(23-27-48(43)50)35-24-28-49-44(30-35)41-16-7-9-19-46(41)51(49)47-20-10-17-39-38-14-5-4-13-36(38)31-42(39)47;1-2-10-32(11-3-1)33-18-23-38(24-19-33)50-46-16-8-6-14-41(46)44-29-34(21-26-48(44)50)35-22-27-49-45(30-35)42-15-7-9-17-47(42)51(49)39-25-20-37-28-36-12-4-5-13-40(36)43(37)31-39;1-2-12-31(13-3-1)44-39-18-8-6-15-34(39)36-23-21-28(26-42(36)44)29-22-24-37-35-16-7-9-19-40(35)45(43(37)27-29)41-20-10-17-33-32-14-5-4-11-30(32)25-38(33)41/h1-30H,31H2;1-27,29-31H,28H2;1-24,26-27H,25H2. The Morgan fingerprint density at radius 3 is 0.769 bits per heavy atom. The average molecular weight is 1870 g/mol. The van der Waals surface area contributed by atoms with Crippen LogP contribution >= 0.6 is 0 Å². The molecule has 0 aliphatic heterocycles. The molecule has 0 atom stereocenters. The molecule has 6 heterocycles. The summed E-state index contributed by atoms with van der Waals surface area (Å²) in [5.74, 6) is 0. The molecule has 0 saturated carbocycles. The first-order valence-corrected chi connectivity index (χ1v) is 51.1. The minimum atomic E-state index is 0.954. The molecule has 29 aromatic rings. The van der Waals surface area contributed by atoms with Crippen LogP contribution in [0, 0.1) is 0 Å². The molecule has 6 heteroatoms. The summed E-state index contributed by atoms with van der Waals surface area (Å²) in [6.07, 6.45) is 2.92. The number of para-hydroxylation sites is 7. The van der Waals surface area contributed by atoms with E-state index in [1.807, 2.05) is 0 Å². The Kier molecular flexibility index (Phi) is 19.2. The lowest BCUT2D eigenvalue weighted by atomic mass is 10.0. The van der Waals surface area contributed by atoms with Gasteiger partial charge < -0.3 is 27.4 Å². The molecule has 0 unspecified atom stereocenters. The minimum Gasteiger partial charge on any atom is -0.309 e. The largest absolute Gasteiger partial charge is 0.309 e. The minimum absolute atomic E-state index is 0.954. The zero-order chi connectivity index (χ0) is 96.4. The van der Waals surface area contributed by atoms with Gasteiger partial charge in [-0.15, -0.1) is 0 Å². The summed E-state index contributed by atoms with van der Waals surface area (Å²) in [6, 6.07) is 192. The summed E-state index contributed by atoms with van der Waals surface area (Å²) < 4.78 is 14.6. The SMILES string of the molecule is c1ccc(-c2ccc(-n3c4ccccc4c4cc(-c5ccc6c(c5)c5ccccc5n6-c5ccc6c(c5)-c5ccccc5C6)ccc43)cc2)cc1.c1ccc(-c2ccc(-n3c4ccccc4c4cc(-c5ccc6c(c5)c5ccccc5n6-c5cccc6c5Cc5ccccc5-6)ccc43)cc2)cc1.c1ccc(-n2c3ccccc3c3ccc(-c4ccc5c6ccccc6n(-c6cccc7c6Cc6ccccc6-7)c5c4)cc32)cc1. The molecule has 3 aliphatic carbocycles. The highest BCUT2D eigenvalue weighted by atomic mass is 15.0. The van der Waals surface area contributed by atoms with Crippen LogP contribution in [0.15, 0.2) is 522 Å². The van der Waals surface area contributed by atoms with Crippen molar-refractivity contribution in [2.24, 2.45) is 0 Å². The molecule has 0 amide bonds. The van der Waals surface area contributed by atoms with Crippen molar-refractivity contribution in [3.63, 3.8) is 0 Å². The van der Waals surface area contributed by atoms with Crippen molar-refractivity contribution in [3.8, 4) is 123 Å². The molecule has 32 rings (SSSR count). The van der Waals surface area contributed by atoms with E-state index in [1.54, 1.807) is 0 Å². The highest BCUT2D eigenvalue weighted by Gasteiger charge is 2.29. The first-order chi connectivity index (χ1) is 72.9. The fraction of sp³-hybridized carbons (Fsp3) is 0.0213. The van der Waals surface area contributed by atoms with Gasteiger partial charge in [0.2, 0.25) is 0 Å². The summed E-state index contributed by atoms with van der Waals surface area (Å²) in [5.41, 5.74) is 50.8. The van der Waals surface area contributed by atoms with Crippen LogP contribution in [0.3, 0.4) is 0 Å². The number of hydrogen-bond donors (Lipinski definition) is 0. The number of hydrogen-bond acceptors (Lipinski definition) is 0. The maximum atomic E-state index is 2.50. The molecule has 147 heavy (non-hydrogen) atoms. The quantitative estimate of drug-likeness (QED) is 0.124. The van der Waals surface area contributed by atoms with Crippen molar-refractivity contribution >= 4 is 131 Å². The fourth-order valence-electron chi connectivity index (χ4n) is 24.9. The molecular formula is C141H92N6. The van der Waals surface area contributed by atoms with E-state index in [0.29, 0.717) is 0 Å². The zero-order valence-electron chi connectivity index (χ0n) is 80.5. The summed E-state index contributed by atoms with van der Waals surface area (Å²) in [6.45, 7) is 0. The fourth-order valence-corrected chi connectivity index (χ4v) is 24.9. The monoisotopic (exact) mass is 1870 g/mol. The highest BCUT2D eigenvalue weighted by Crippen LogP contribution is 2.50. The maximum absolute atomic E-state index is 2.50. The van der Waals surface area contributed by atoms with Crippen LogP contribution in [0.25, 0.3) is 254 Å². The Bertz CT molecular complexity index is 10400. The molecule has 6 nitrogen and oxygen atoms in total. The Balaban J connectivity index is 0.000000102. The van der Waals surface area contributed by atoms with Crippen molar-refractivity contribution in [1.29, 1.82) is 0 Å². The third-order valence-electron chi connectivity index (χ3n) is 31.7. The van der Waals surface area contributed by atoms with Gasteiger partial charge in [0, 0.05) is 100 Å². The summed E-state index contributed by atoms with van der Waals surface area (Å²) in [5, 5.41) is 15.2. The molecule has 0 saturated heterocycles. The van der Waals surface area contributed by atoms with Crippen LogP contribution in [0.4, 0.5) is 0 Å². The van der Waals surface area contributed by atoms with Gasteiger partial charge >= 0.3 is 0 Å². The van der Waals surface area contributed by atoms with Gasteiger partial charge in [0.1, 0.15) is 0 Å². The Hall–Kier alpha value is -19.1. The molecule has 6 aromatic heterocycles. The lowest BCUT2D eigenvalue weighted by Gasteiger charge is -2.14. The van der Waals surface area contributed by atoms with Crippen molar-refractivity contribution in [2.45, 2.75) is 19.3 Å². The van der Waals surface area contributed by atoms with Crippen LogP contribution in [-0.4, -0.2) is 27.4 Å². The Morgan fingerprint density at radius 2 is 0.361 bits per heavy atom. The van der Waals surface area contributed by atoms with E-state index in [-0.39, 0.29) is 0 Å². The number of fused-ring (bicyclic) bond motifs is 27. The van der Waals surface area contributed by atoms with E-state index in [2.05, 4.69) is 549 Å². The second kappa shape index (κ2) is 33.8. The van der Waals surface area contributed by atoms with Gasteiger partial charge in [0.25, 0.3) is 0 Å². The van der Waals surface area contributed by atoms with E-state index in [9.17, 15) is 0 Å². The molecule has 0 N–H and O–H groups in total. The van der Waals surface area contributed by atoms with E-state index in [1.165, 1.54) is 282 Å². The highest BCUT2D eigenvalue weighted by molar-refractivity contribution is 6.18. The third-order valence-corrected chi connectivity index (χ3v) is 31.7. The van der Waals surface area contributed by atoms with Crippen molar-refractivity contribution in [1.82, 2.24) is 27.4 Å². The van der Waals surface area contributed by atoms with Gasteiger partial charge in [0.05, 0.1) is 77.6 Å². The molecule has 0 radical (unpaired) electrons. The van der Waals surface area contributed by atoms with E-state index in [4.69, 9.17) is 0 Å². The van der Waals surface area contributed by atoms with Crippen LogP contribution < -0.4 is 0 Å². The topological polar surface area (TPSA) is 29.6 Å². The maximum Gasteiger partial charge on any atom is 0.0547 e. The summed E-state index contributed by atoms with van der Waals surface area (Å²) in [4.78, 5) is 0. The van der Waals surface area contributed by atoms with Gasteiger partial charge in [-0.3, -0.25) is 0 Å². The zero-order valence-corrected chi connectivity index (χ0v) is 80.5. The van der Waals surface area contributed by atoms with Gasteiger partial charge in [-0.2, -0.15) is 0 Å². The van der Waals surface area contributed by atoms with Gasteiger partial charge in [0.15, 0.2) is 0 Å². The number of nitrogens with zero attached hydrogens (tertiary/aromatic N) is 6. The average Bonchev–Trinajstić information content (AvgIpc) is 1.58. The number of benzene rings is 23. The summed E-state index contributed by atoms with van der Waals surface area (Å²) in [7, 11) is 0. The van der Waals surface area contributed by atoms with Crippen molar-refractivity contribution in [2.75, 3.05) is 0 Å². The first-order valence-electron chi connectivity index (χ1n) is 51.1. The molecule has 23 aromatic carbocycles. The van der Waals surface area contributed by atoms with E-state index < -0.39 is 0 Å². The second-order valence-corrected chi connectivity index (χ2v) is 39.6. The van der Waals surface area contributed by atoms with Crippen LogP contribution in [0.5, 0.6) is 0 Å². The normalized spacial score (nSPS) is 12.3. The summed E-state index contributed by atoms with van der Waals surface area (Å²) >= 11 is 0. The molecule has 3 aliphatic rings. The van der Waals surface area contributed by atoms with E-state index >= 15 is 0 Å². The van der Waals surface area contributed by atoms with Crippen molar-refractivity contribution < 1.29 is 0 Å². The van der Waals surface area contributed by atoms with Crippen LogP contribution in [-0.2, 0) is 19.3 Å². The molecule has 0 fully saturated rings. The van der Waals surface area contributed by atoms with Gasteiger partial charge in [-0.1, -0.05) is 364 Å². The first kappa shape index (κ1) is 83.6. The molecule has 0 spiro atoms. The number of aromatic nitrogens is 6. The van der Waals surface area contributed by atoms with Gasteiger partial charge in [-0.05, 0) is 287 Å². The van der Waals surface area contributed by atoms with Crippen molar-refractivity contribution in [3.05, 3.63) is 555 Å². The lowest BCUT2D eigenvalue weighted by Crippen LogP contribution is -1.99. The molecular weight excluding hydrogens is 1780 g/mol. The Morgan fingerprint density at radius 1 is 0.116 bits per heavy atom. The second-order valence-electron chi connectivity index (χ2n) is 39.6. The predicted octanol–water partition coefficient (Wildman–Crippen LogP) is 36.7. The Labute approximate surface area is 849 Å².